The Hall–Kier alpha value is -0.830. The van der Waals surface area contributed by atoms with E-state index in [0.29, 0.717) is 17.9 Å². The second-order valence-electron chi connectivity index (χ2n) is 9.04. The van der Waals surface area contributed by atoms with Crippen molar-refractivity contribution in [3.63, 3.8) is 0 Å². The van der Waals surface area contributed by atoms with Gasteiger partial charge >= 0.3 is 0 Å². The van der Waals surface area contributed by atoms with Crippen LogP contribution >= 0.6 is 0 Å². The number of fused-ring (bicyclic) bond motifs is 5. The monoisotopic (exact) mass is 317 g/mol. The van der Waals surface area contributed by atoms with Crippen molar-refractivity contribution in [1.29, 1.82) is 0 Å². The Labute approximate surface area is 140 Å². The first-order valence-electron chi connectivity index (χ1n) is 9.55. The molecule has 0 aromatic rings. The molecule has 0 amide bonds. The SMILES string of the molecule is CN1CCCC2C3CCC4=C(O)C(=O)CC[C@]4(C)C3CC[C@@]21C. The average molecular weight is 317 g/mol. The largest absolute Gasteiger partial charge is 0.504 e. The van der Waals surface area contributed by atoms with Crippen molar-refractivity contribution >= 4 is 5.78 Å². The zero-order valence-electron chi connectivity index (χ0n) is 14.9. The fourth-order valence-corrected chi connectivity index (χ4v) is 6.79. The van der Waals surface area contributed by atoms with Crippen molar-refractivity contribution in [2.24, 2.45) is 23.2 Å². The predicted molar refractivity (Wildman–Crippen MR) is 91.2 cm³/mol. The van der Waals surface area contributed by atoms with Gasteiger partial charge in [0.05, 0.1) is 0 Å². The van der Waals surface area contributed by atoms with Crippen molar-refractivity contribution in [3.05, 3.63) is 11.3 Å². The summed E-state index contributed by atoms with van der Waals surface area (Å²) in [6.07, 6.45) is 8.80. The minimum absolute atomic E-state index is 0.0195. The molecule has 1 aliphatic heterocycles. The first-order valence-corrected chi connectivity index (χ1v) is 9.55. The van der Waals surface area contributed by atoms with E-state index in [1.807, 2.05) is 0 Å². The number of nitrogens with zero attached hydrogens (tertiary/aromatic N) is 1. The molecule has 0 aromatic heterocycles. The van der Waals surface area contributed by atoms with Crippen molar-refractivity contribution in [2.45, 2.75) is 70.8 Å². The molecule has 1 heterocycles. The summed E-state index contributed by atoms with van der Waals surface area (Å²) >= 11 is 0. The fourth-order valence-electron chi connectivity index (χ4n) is 6.79. The smallest absolute Gasteiger partial charge is 0.197 e. The quantitative estimate of drug-likeness (QED) is 0.731. The van der Waals surface area contributed by atoms with E-state index < -0.39 is 0 Å². The molecule has 1 saturated heterocycles. The number of likely N-dealkylation sites (tertiary alicyclic amines) is 1. The number of allylic oxidation sites excluding steroid dienone is 2. The normalized spacial score (nSPS) is 47.8. The standard InChI is InChI=1S/C20H31NO2/c1-19-10-9-17(22)18(23)16(19)7-6-13-14(19)8-11-20(2)15(13)5-4-12-21(20)3/h13-15,23H,4-12H2,1-3H3/t13?,14?,15?,19-,20+/m1/s1. The minimum atomic E-state index is -0.0195. The molecule has 2 saturated carbocycles. The van der Waals surface area contributed by atoms with Crippen LogP contribution in [-0.2, 0) is 4.79 Å². The molecule has 1 N–H and O–H groups in total. The maximum atomic E-state index is 12.0. The number of aliphatic hydroxyl groups is 1. The van der Waals surface area contributed by atoms with E-state index in [1.165, 1.54) is 38.6 Å². The maximum absolute atomic E-state index is 12.0. The van der Waals surface area contributed by atoms with Crippen LogP contribution in [0.4, 0.5) is 0 Å². The molecule has 3 aliphatic carbocycles. The predicted octanol–water partition coefficient (Wildman–Crippen LogP) is 4.09. The number of carbonyl (C=O) groups excluding carboxylic acids is 1. The summed E-state index contributed by atoms with van der Waals surface area (Å²) in [4.78, 5) is 14.6. The van der Waals surface area contributed by atoms with Crippen LogP contribution in [0, 0.1) is 23.2 Å². The summed E-state index contributed by atoms with van der Waals surface area (Å²) in [6, 6.07) is 0. The van der Waals surface area contributed by atoms with E-state index in [2.05, 4.69) is 25.8 Å². The first kappa shape index (κ1) is 15.7. The zero-order chi connectivity index (χ0) is 16.4. The molecule has 0 spiro atoms. The van der Waals surface area contributed by atoms with Gasteiger partial charge in [-0.25, -0.2) is 0 Å². The van der Waals surface area contributed by atoms with E-state index in [4.69, 9.17) is 0 Å². The van der Waals surface area contributed by atoms with Gasteiger partial charge < -0.3 is 10.0 Å². The average Bonchev–Trinajstić information content (AvgIpc) is 2.52. The third kappa shape index (κ3) is 2.01. The van der Waals surface area contributed by atoms with Gasteiger partial charge in [0.25, 0.3) is 0 Å². The molecule has 4 aliphatic rings. The topological polar surface area (TPSA) is 40.5 Å². The third-order valence-corrected chi connectivity index (χ3v) is 8.33. The molecule has 128 valence electrons. The van der Waals surface area contributed by atoms with Gasteiger partial charge in [0.1, 0.15) is 0 Å². The number of piperidine rings is 1. The third-order valence-electron chi connectivity index (χ3n) is 8.33. The van der Waals surface area contributed by atoms with Crippen LogP contribution in [0.15, 0.2) is 11.3 Å². The Morgan fingerprint density at radius 3 is 2.65 bits per heavy atom. The van der Waals surface area contributed by atoms with Crippen LogP contribution in [-0.4, -0.2) is 34.9 Å². The molecule has 0 radical (unpaired) electrons. The molecular weight excluding hydrogens is 286 g/mol. The van der Waals surface area contributed by atoms with Crippen molar-refractivity contribution in [3.8, 4) is 0 Å². The summed E-state index contributed by atoms with van der Waals surface area (Å²) in [6.45, 7) is 6.07. The lowest BCUT2D eigenvalue weighted by Gasteiger charge is -2.62. The van der Waals surface area contributed by atoms with Crippen molar-refractivity contribution in [1.82, 2.24) is 4.90 Å². The Morgan fingerprint density at radius 1 is 1.09 bits per heavy atom. The highest BCUT2D eigenvalue weighted by molar-refractivity contribution is 5.95. The lowest BCUT2D eigenvalue weighted by Crippen LogP contribution is -2.61. The van der Waals surface area contributed by atoms with Crippen LogP contribution in [0.5, 0.6) is 0 Å². The van der Waals surface area contributed by atoms with E-state index >= 15 is 0 Å². The number of ketones is 1. The zero-order valence-corrected chi connectivity index (χ0v) is 14.9. The Kier molecular flexibility index (Phi) is 3.46. The van der Waals surface area contributed by atoms with Gasteiger partial charge in [-0.1, -0.05) is 6.92 Å². The second-order valence-corrected chi connectivity index (χ2v) is 9.04. The molecule has 3 fully saturated rings. The van der Waals surface area contributed by atoms with Crippen LogP contribution in [0.25, 0.3) is 0 Å². The summed E-state index contributed by atoms with van der Waals surface area (Å²) in [5.41, 5.74) is 1.53. The highest BCUT2D eigenvalue weighted by atomic mass is 16.3. The van der Waals surface area contributed by atoms with Gasteiger partial charge in [-0.15, -0.1) is 0 Å². The number of Topliss-reactive ketones (excluding diaryl/α,β-unsaturated/α-hetero) is 1. The van der Waals surface area contributed by atoms with E-state index in [0.717, 1.165) is 30.3 Å². The van der Waals surface area contributed by atoms with Crippen LogP contribution in [0.1, 0.15) is 65.2 Å². The lowest BCUT2D eigenvalue weighted by atomic mass is 9.47. The van der Waals surface area contributed by atoms with E-state index in [9.17, 15) is 9.90 Å². The van der Waals surface area contributed by atoms with Crippen LogP contribution < -0.4 is 0 Å². The molecule has 4 rings (SSSR count). The summed E-state index contributed by atoms with van der Waals surface area (Å²) in [7, 11) is 2.31. The number of rotatable bonds is 0. The first-order chi connectivity index (χ1) is 10.9. The van der Waals surface area contributed by atoms with Gasteiger partial charge in [0.2, 0.25) is 0 Å². The minimum Gasteiger partial charge on any atom is -0.504 e. The number of carbonyl (C=O) groups is 1. The Bertz CT molecular complexity index is 568. The number of hydrogen-bond acceptors (Lipinski definition) is 3. The van der Waals surface area contributed by atoms with Gasteiger partial charge in [0, 0.05) is 12.0 Å². The Balaban J connectivity index is 1.71. The van der Waals surface area contributed by atoms with Crippen LogP contribution in [0.3, 0.4) is 0 Å². The van der Waals surface area contributed by atoms with Crippen molar-refractivity contribution in [2.75, 3.05) is 13.6 Å². The molecule has 3 unspecified atom stereocenters. The highest BCUT2D eigenvalue weighted by Gasteiger charge is 2.57. The van der Waals surface area contributed by atoms with E-state index in [1.54, 1.807) is 0 Å². The summed E-state index contributed by atoms with van der Waals surface area (Å²) in [5, 5.41) is 10.4. The summed E-state index contributed by atoms with van der Waals surface area (Å²) in [5.74, 6) is 2.33. The summed E-state index contributed by atoms with van der Waals surface area (Å²) < 4.78 is 0. The maximum Gasteiger partial charge on any atom is 0.197 e. The molecule has 0 bridgehead atoms. The lowest BCUT2D eigenvalue weighted by molar-refractivity contribution is -0.123. The van der Waals surface area contributed by atoms with Crippen LogP contribution in [0.2, 0.25) is 0 Å². The highest BCUT2D eigenvalue weighted by Crippen LogP contribution is 2.62. The second kappa shape index (κ2) is 5.08. The Morgan fingerprint density at radius 2 is 1.87 bits per heavy atom. The molecular formula is C20H31NO2. The van der Waals surface area contributed by atoms with Gasteiger partial charge in [-0.2, -0.15) is 0 Å². The molecule has 0 aromatic carbocycles. The fraction of sp³-hybridized carbons (Fsp3) is 0.850. The van der Waals surface area contributed by atoms with Gasteiger partial charge in [-0.05, 0) is 94.2 Å². The van der Waals surface area contributed by atoms with Gasteiger partial charge in [-0.3, -0.25) is 4.79 Å². The molecule has 3 nitrogen and oxygen atoms in total. The van der Waals surface area contributed by atoms with E-state index in [-0.39, 0.29) is 17.0 Å². The van der Waals surface area contributed by atoms with Gasteiger partial charge in [0.15, 0.2) is 11.5 Å². The number of hydrogen-bond donors (Lipinski definition) is 1. The van der Waals surface area contributed by atoms with Crippen molar-refractivity contribution < 1.29 is 9.90 Å². The molecule has 3 heteroatoms. The number of aliphatic hydroxyl groups excluding tert-OH is 1. The molecule has 23 heavy (non-hydrogen) atoms. The molecule has 5 atom stereocenters.